The zero-order chi connectivity index (χ0) is 14.1. The van der Waals surface area contributed by atoms with Crippen LogP contribution < -0.4 is 0 Å². The minimum Gasteiger partial charge on any atom is -0.508 e. The highest BCUT2D eigenvalue weighted by Crippen LogP contribution is 2.30. The Morgan fingerprint density at radius 2 is 1.95 bits per heavy atom. The van der Waals surface area contributed by atoms with Crippen LogP contribution in [0, 0.1) is 12.8 Å². The Bertz CT molecular complexity index is 503. The fourth-order valence-electron chi connectivity index (χ4n) is 2.77. The van der Waals surface area contributed by atoms with E-state index in [9.17, 15) is 9.90 Å². The van der Waals surface area contributed by atoms with Gasteiger partial charge in [0, 0.05) is 38.3 Å². The summed E-state index contributed by atoms with van der Waals surface area (Å²) in [7, 11) is 0. The summed E-state index contributed by atoms with van der Waals surface area (Å²) in [6.07, 6.45) is 2.76. The highest BCUT2D eigenvalue weighted by Gasteiger charge is 2.27. The molecule has 1 aliphatic heterocycles. The fourth-order valence-corrected chi connectivity index (χ4v) is 2.77. The van der Waals surface area contributed by atoms with Crippen LogP contribution in [0.25, 0.3) is 0 Å². The lowest BCUT2D eigenvalue weighted by Gasteiger charge is -2.34. The Balaban J connectivity index is 1.58. The van der Waals surface area contributed by atoms with Crippen molar-refractivity contribution in [1.82, 2.24) is 9.80 Å². The number of carbonyl (C=O) groups excluding carboxylic acids is 1. The van der Waals surface area contributed by atoms with Crippen LogP contribution in [0.5, 0.6) is 5.75 Å². The number of hydrogen-bond donors (Lipinski definition) is 1. The van der Waals surface area contributed by atoms with Crippen LogP contribution in [-0.2, 0) is 0 Å². The average Bonchev–Trinajstić information content (AvgIpc) is 3.26. The molecule has 1 aliphatic carbocycles. The molecule has 2 aliphatic rings. The summed E-state index contributed by atoms with van der Waals surface area (Å²) in [6.45, 7) is 6.62. The Morgan fingerprint density at radius 3 is 2.55 bits per heavy atom. The van der Waals surface area contributed by atoms with Gasteiger partial charge in [0.25, 0.3) is 5.91 Å². The van der Waals surface area contributed by atoms with Gasteiger partial charge in [0.2, 0.25) is 0 Å². The van der Waals surface area contributed by atoms with Gasteiger partial charge < -0.3 is 10.0 Å². The number of phenols is 1. The molecular weight excluding hydrogens is 252 g/mol. The number of carbonyl (C=O) groups is 1. The molecule has 2 fully saturated rings. The largest absolute Gasteiger partial charge is 0.508 e. The molecule has 0 aromatic heterocycles. The summed E-state index contributed by atoms with van der Waals surface area (Å²) < 4.78 is 0. The van der Waals surface area contributed by atoms with Crippen LogP contribution in [0.3, 0.4) is 0 Å². The topological polar surface area (TPSA) is 43.8 Å². The van der Waals surface area contributed by atoms with Crippen molar-refractivity contribution in [2.45, 2.75) is 19.8 Å². The molecule has 4 heteroatoms. The average molecular weight is 274 g/mol. The van der Waals surface area contributed by atoms with Gasteiger partial charge in [-0.15, -0.1) is 0 Å². The Morgan fingerprint density at radius 1 is 1.25 bits per heavy atom. The van der Waals surface area contributed by atoms with E-state index in [1.54, 1.807) is 18.2 Å². The molecule has 0 spiro atoms. The molecule has 1 aromatic rings. The monoisotopic (exact) mass is 274 g/mol. The van der Waals surface area contributed by atoms with Gasteiger partial charge in [-0.2, -0.15) is 0 Å². The van der Waals surface area contributed by atoms with Crippen molar-refractivity contribution in [3.63, 3.8) is 0 Å². The Kier molecular flexibility index (Phi) is 3.66. The molecule has 0 bridgehead atoms. The van der Waals surface area contributed by atoms with Gasteiger partial charge in [0.15, 0.2) is 0 Å². The summed E-state index contributed by atoms with van der Waals surface area (Å²) >= 11 is 0. The van der Waals surface area contributed by atoms with E-state index in [-0.39, 0.29) is 11.7 Å². The second-order valence-corrected chi connectivity index (χ2v) is 6.04. The van der Waals surface area contributed by atoms with Crippen molar-refractivity contribution >= 4 is 5.91 Å². The quantitative estimate of drug-likeness (QED) is 0.915. The van der Waals surface area contributed by atoms with Crippen molar-refractivity contribution in [3.8, 4) is 5.75 Å². The molecule has 108 valence electrons. The van der Waals surface area contributed by atoms with Crippen LogP contribution in [0.1, 0.15) is 28.8 Å². The van der Waals surface area contributed by atoms with E-state index in [0.29, 0.717) is 5.56 Å². The van der Waals surface area contributed by atoms with Gasteiger partial charge in [0.1, 0.15) is 5.75 Å². The molecule has 4 nitrogen and oxygen atoms in total. The predicted octanol–water partition coefficient (Wildman–Crippen LogP) is 1.87. The van der Waals surface area contributed by atoms with Crippen molar-refractivity contribution in [1.29, 1.82) is 0 Å². The van der Waals surface area contributed by atoms with Gasteiger partial charge in [0.05, 0.1) is 0 Å². The number of rotatable bonds is 3. The molecular formula is C16H22N2O2. The number of benzene rings is 1. The van der Waals surface area contributed by atoms with E-state index in [0.717, 1.165) is 37.7 Å². The summed E-state index contributed by atoms with van der Waals surface area (Å²) in [5, 5.41) is 9.53. The molecule has 3 rings (SSSR count). The molecule has 1 heterocycles. The molecule has 0 unspecified atom stereocenters. The zero-order valence-electron chi connectivity index (χ0n) is 12.0. The smallest absolute Gasteiger partial charge is 0.253 e. The third-order valence-electron chi connectivity index (χ3n) is 4.32. The Labute approximate surface area is 120 Å². The van der Waals surface area contributed by atoms with E-state index in [2.05, 4.69) is 4.90 Å². The fraction of sp³-hybridized carbons (Fsp3) is 0.562. The lowest BCUT2D eigenvalue weighted by molar-refractivity contribution is 0.0632. The molecule has 1 saturated carbocycles. The van der Waals surface area contributed by atoms with Gasteiger partial charge in [-0.05, 0) is 49.4 Å². The van der Waals surface area contributed by atoms with Crippen molar-refractivity contribution in [2.75, 3.05) is 32.7 Å². The van der Waals surface area contributed by atoms with Crippen molar-refractivity contribution in [3.05, 3.63) is 29.3 Å². The predicted molar refractivity (Wildman–Crippen MR) is 77.9 cm³/mol. The first-order valence-electron chi connectivity index (χ1n) is 7.45. The van der Waals surface area contributed by atoms with Crippen LogP contribution >= 0.6 is 0 Å². The number of piperazine rings is 1. The van der Waals surface area contributed by atoms with Crippen LogP contribution in [0.15, 0.2) is 18.2 Å². The highest BCUT2D eigenvalue weighted by atomic mass is 16.3. The number of hydrogen-bond acceptors (Lipinski definition) is 3. The van der Waals surface area contributed by atoms with Crippen LogP contribution in [-0.4, -0.2) is 53.5 Å². The number of aromatic hydroxyl groups is 1. The first kappa shape index (κ1) is 13.4. The minimum absolute atomic E-state index is 0.0826. The number of phenolic OH excluding ortho intramolecular Hbond substituents is 1. The molecule has 0 atom stereocenters. The normalized spacial score (nSPS) is 20.1. The third kappa shape index (κ3) is 2.96. The van der Waals surface area contributed by atoms with E-state index in [1.165, 1.54) is 19.4 Å². The first-order chi connectivity index (χ1) is 9.63. The second kappa shape index (κ2) is 5.44. The molecule has 1 amide bonds. The number of aryl methyl sites for hydroxylation is 1. The van der Waals surface area contributed by atoms with Gasteiger partial charge >= 0.3 is 0 Å². The van der Waals surface area contributed by atoms with E-state index < -0.39 is 0 Å². The number of amides is 1. The summed E-state index contributed by atoms with van der Waals surface area (Å²) in [5.74, 6) is 1.24. The zero-order valence-corrected chi connectivity index (χ0v) is 12.0. The van der Waals surface area contributed by atoms with Crippen LogP contribution in [0.2, 0.25) is 0 Å². The van der Waals surface area contributed by atoms with Gasteiger partial charge in [-0.1, -0.05) is 0 Å². The lowest BCUT2D eigenvalue weighted by Crippen LogP contribution is -2.49. The van der Waals surface area contributed by atoms with E-state index >= 15 is 0 Å². The van der Waals surface area contributed by atoms with Gasteiger partial charge in [-0.3, -0.25) is 9.69 Å². The summed E-state index contributed by atoms with van der Waals surface area (Å²) in [5.41, 5.74) is 1.43. The maximum absolute atomic E-state index is 12.4. The Hall–Kier alpha value is -1.55. The van der Waals surface area contributed by atoms with E-state index in [1.807, 2.05) is 11.8 Å². The summed E-state index contributed by atoms with van der Waals surface area (Å²) in [6, 6.07) is 5.08. The minimum atomic E-state index is 0.0826. The second-order valence-electron chi connectivity index (χ2n) is 6.04. The number of nitrogens with zero attached hydrogens (tertiary/aromatic N) is 2. The highest BCUT2D eigenvalue weighted by molar-refractivity contribution is 5.94. The molecule has 1 saturated heterocycles. The van der Waals surface area contributed by atoms with Crippen LogP contribution in [0.4, 0.5) is 0 Å². The SMILES string of the molecule is Cc1cc(C(=O)N2CCN(CC3CC3)CC2)ccc1O. The first-order valence-corrected chi connectivity index (χ1v) is 7.45. The lowest BCUT2D eigenvalue weighted by atomic mass is 10.1. The molecule has 0 radical (unpaired) electrons. The third-order valence-corrected chi connectivity index (χ3v) is 4.32. The maximum Gasteiger partial charge on any atom is 0.253 e. The summed E-state index contributed by atoms with van der Waals surface area (Å²) in [4.78, 5) is 16.8. The van der Waals surface area contributed by atoms with Crippen molar-refractivity contribution < 1.29 is 9.90 Å². The van der Waals surface area contributed by atoms with Crippen molar-refractivity contribution in [2.24, 2.45) is 5.92 Å². The van der Waals surface area contributed by atoms with E-state index in [4.69, 9.17) is 0 Å². The standard InChI is InChI=1S/C16H22N2O2/c1-12-10-14(4-5-15(12)19)16(20)18-8-6-17(7-9-18)11-13-2-3-13/h4-5,10,13,19H,2-3,6-9,11H2,1H3. The molecule has 1 aromatic carbocycles. The van der Waals surface area contributed by atoms with Gasteiger partial charge in [-0.25, -0.2) is 0 Å². The maximum atomic E-state index is 12.4. The molecule has 1 N–H and O–H groups in total. The molecule has 20 heavy (non-hydrogen) atoms.